The predicted molar refractivity (Wildman–Crippen MR) is 69.0 cm³/mol. The molecule has 1 heterocycles. The van der Waals surface area contributed by atoms with Gasteiger partial charge in [0.05, 0.1) is 0 Å². The smallest absolute Gasteiger partial charge is 0.0379 e. The fourth-order valence-corrected chi connectivity index (χ4v) is 3.62. The van der Waals surface area contributed by atoms with Crippen molar-refractivity contribution in [1.82, 2.24) is 0 Å². The zero-order chi connectivity index (χ0) is 11.2. The van der Waals surface area contributed by atoms with Crippen LogP contribution in [0.25, 0.3) is 0 Å². The summed E-state index contributed by atoms with van der Waals surface area (Å²) in [4.78, 5) is 0. The van der Waals surface area contributed by atoms with Crippen LogP contribution in [0.3, 0.4) is 0 Å². The lowest BCUT2D eigenvalue weighted by Crippen LogP contribution is -2.40. The second-order valence-electron chi connectivity index (χ2n) is 5.81. The van der Waals surface area contributed by atoms with Gasteiger partial charge in [-0.15, -0.1) is 0 Å². The molecule has 1 fully saturated rings. The van der Waals surface area contributed by atoms with Crippen LogP contribution in [-0.2, 0) is 0 Å². The molecule has 1 aromatic rings. The summed E-state index contributed by atoms with van der Waals surface area (Å²) in [5, 5.41) is 3.83. The monoisotopic (exact) mass is 215 g/mol. The molecule has 3 rings (SSSR count). The third-order valence-corrected chi connectivity index (χ3v) is 4.40. The van der Waals surface area contributed by atoms with Gasteiger partial charge in [0.15, 0.2) is 0 Å². The second-order valence-corrected chi connectivity index (χ2v) is 5.81. The summed E-state index contributed by atoms with van der Waals surface area (Å²) in [7, 11) is 0. The van der Waals surface area contributed by atoms with Gasteiger partial charge in [-0.3, -0.25) is 0 Å². The van der Waals surface area contributed by atoms with Gasteiger partial charge < -0.3 is 5.32 Å². The Morgan fingerprint density at radius 2 is 2.00 bits per heavy atom. The van der Waals surface area contributed by atoms with Crippen LogP contribution < -0.4 is 5.32 Å². The van der Waals surface area contributed by atoms with Crippen LogP contribution in [0.1, 0.15) is 56.1 Å². The Morgan fingerprint density at radius 3 is 2.75 bits per heavy atom. The molecule has 16 heavy (non-hydrogen) atoms. The minimum atomic E-state index is 0.432. The van der Waals surface area contributed by atoms with Crippen LogP contribution in [0.5, 0.6) is 0 Å². The quantitative estimate of drug-likeness (QED) is 0.683. The minimum absolute atomic E-state index is 0.432. The maximum absolute atomic E-state index is 3.83. The lowest BCUT2D eigenvalue weighted by Gasteiger charge is -2.40. The summed E-state index contributed by atoms with van der Waals surface area (Å²) < 4.78 is 0. The summed E-state index contributed by atoms with van der Waals surface area (Å²) >= 11 is 0. The summed E-state index contributed by atoms with van der Waals surface area (Å²) in [6, 6.07) is 6.86. The first-order valence-corrected chi connectivity index (χ1v) is 6.57. The fraction of sp³-hybridized carbons (Fsp3) is 0.600. The van der Waals surface area contributed by atoms with Crippen molar-refractivity contribution in [3.63, 3.8) is 0 Å². The van der Waals surface area contributed by atoms with Crippen molar-refractivity contribution in [2.45, 2.75) is 57.4 Å². The van der Waals surface area contributed by atoms with E-state index in [9.17, 15) is 0 Å². The van der Waals surface area contributed by atoms with Gasteiger partial charge in [0, 0.05) is 11.2 Å². The normalized spacial score (nSPS) is 26.5. The van der Waals surface area contributed by atoms with Crippen LogP contribution >= 0.6 is 0 Å². The SMILES string of the molecule is Cc1ccc2c(c1)C(C)CC1(CCCC1)N2. The standard InChI is InChI=1S/C15H21N/c1-11-5-6-14-13(9-11)12(2)10-15(16-14)7-3-4-8-15/h5-6,9,12,16H,3-4,7-8,10H2,1-2H3. The number of anilines is 1. The Labute approximate surface area is 98.3 Å². The molecule has 1 spiro atoms. The Hall–Kier alpha value is -0.980. The van der Waals surface area contributed by atoms with Gasteiger partial charge >= 0.3 is 0 Å². The zero-order valence-corrected chi connectivity index (χ0v) is 10.3. The highest BCUT2D eigenvalue weighted by molar-refractivity contribution is 5.58. The van der Waals surface area contributed by atoms with E-state index < -0.39 is 0 Å². The first-order valence-electron chi connectivity index (χ1n) is 6.57. The highest BCUT2D eigenvalue weighted by atomic mass is 15.0. The summed E-state index contributed by atoms with van der Waals surface area (Å²) in [5.41, 5.74) is 4.74. The largest absolute Gasteiger partial charge is 0.379 e. The van der Waals surface area contributed by atoms with Gasteiger partial charge in [0.2, 0.25) is 0 Å². The molecule has 1 saturated carbocycles. The number of hydrogen-bond donors (Lipinski definition) is 1. The van der Waals surface area contributed by atoms with Crippen LogP contribution in [0.4, 0.5) is 5.69 Å². The first kappa shape index (κ1) is 10.2. The van der Waals surface area contributed by atoms with Gasteiger partial charge in [0.1, 0.15) is 0 Å². The van der Waals surface area contributed by atoms with Crippen LogP contribution in [0.2, 0.25) is 0 Å². The Kier molecular flexibility index (Phi) is 2.24. The lowest BCUT2D eigenvalue weighted by molar-refractivity contribution is 0.396. The van der Waals surface area contributed by atoms with Crippen LogP contribution in [0.15, 0.2) is 18.2 Å². The third kappa shape index (κ3) is 1.53. The van der Waals surface area contributed by atoms with Gasteiger partial charge in [0.25, 0.3) is 0 Å². The molecule has 2 aliphatic rings. The van der Waals surface area contributed by atoms with E-state index in [1.807, 2.05) is 0 Å². The predicted octanol–water partition coefficient (Wildman–Crippen LogP) is 4.23. The van der Waals surface area contributed by atoms with E-state index in [4.69, 9.17) is 0 Å². The fourth-order valence-electron chi connectivity index (χ4n) is 3.62. The lowest BCUT2D eigenvalue weighted by atomic mass is 9.78. The Balaban J connectivity index is 1.99. The minimum Gasteiger partial charge on any atom is -0.379 e. The zero-order valence-electron chi connectivity index (χ0n) is 10.3. The van der Waals surface area contributed by atoms with Gasteiger partial charge in [-0.05, 0) is 43.7 Å². The number of fused-ring (bicyclic) bond motifs is 1. The second kappa shape index (κ2) is 3.51. The van der Waals surface area contributed by atoms with Gasteiger partial charge in [-0.1, -0.05) is 37.5 Å². The summed E-state index contributed by atoms with van der Waals surface area (Å²) in [6.07, 6.45) is 6.86. The first-order chi connectivity index (χ1) is 7.69. The number of benzene rings is 1. The average molecular weight is 215 g/mol. The number of nitrogens with one attached hydrogen (secondary N) is 1. The molecule has 1 heteroatoms. The van der Waals surface area contributed by atoms with Crippen molar-refractivity contribution < 1.29 is 0 Å². The van der Waals surface area contributed by atoms with Crippen molar-refractivity contribution in [3.8, 4) is 0 Å². The summed E-state index contributed by atoms with van der Waals surface area (Å²) in [5.74, 6) is 0.717. The molecule has 0 saturated heterocycles. The molecule has 1 nitrogen and oxygen atoms in total. The van der Waals surface area contributed by atoms with E-state index >= 15 is 0 Å². The van der Waals surface area contributed by atoms with E-state index in [0.717, 1.165) is 0 Å². The molecular formula is C15H21N. The molecule has 86 valence electrons. The van der Waals surface area contributed by atoms with Gasteiger partial charge in [-0.25, -0.2) is 0 Å². The van der Waals surface area contributed by atoms with E-state index in [2.05, 4.69) is 37.4 Å². The van der Waals surface area contributed by atoms with E-state index in [1.54, 1.807) is 0 Å². The summed E-state index contributed by atoms with van der Waals surface area (Å²) in [6.45, 7) is 4.58. The number of aryl methyl sites for hydroxylation is 1. The van der Waals surface area contributed by atoms with Crippen molar-refractivity contribution >= 4 is 5.69 Å². The van der Waals surface area contributed by atoms with E-state index in [1.165, 1.54) is 48.9 Å². The van der Waals surface area contributed by atoms with Gasteiger partial charge in [-0.2, -0.15) is 0 Å². The molecule has 0 radical (unpaired) electrons. The van der Waals surface area contributed by atoms with Crippen molar-refractivity contribution in [2.24, 2.45) is 0 Å². The molecule has 1 unspecified atom stereocenters. The highest BCUT2D eigenvalue weighted by Gasteiger charge is 2.39. The molecular weight excluding hydrogens is 194 g/mol. The molecule has 0 amide bonds. The van der Waals surface area contributed by atoms with E-state index in [0.29, 0.717) is 11.5 Å². The maximum Gasteiger partial charge on any atom is 0.0379 e. The highest BCUT2D eigenvalue weighted by Crippen LogP contribution is 2.46. The topological polar surface area (TPSA) is 12.0 Å². The Bertz CT molecular complexity index is 402. The Morgan fingerprint density at radius 1 is 1.25 bits per heavy atom. The number of hydrogen-bond acceptors (Lipinski definition) is 1. The van der Waals surface area contributed by atoms with E-state index in [-0.39, 0.29) is 0 Å². The third-order valence-electron chi connectivity index (χ3n) is 4.40. The molecule has 0 bridgehead atoms. The molecule has 1 aliphatic heterocycles. The average Bonchev–Trinajstić information content (AvgIpc) is 2.68. The number of rotatable bonds is 0. The maximum atomic E-state index is 3.83. The van der Waals surface area contributed by atoms with Crippen molar-refractivity contribution in [1.29, 1.82) is 0 Å². The molecule has 1 atom stereocenters. The molecule has 0 aromatic heterocycles. The van der Waals surface area contributed by atoms with Crippen molar-refractivity contribution in [2.75, 3.05) is 5.32 Å². The molecule has 1 aromatic carbocycles. The molecule has 1 aliphatic carbocycles. The van der Waals surface area contributed by atoms with Crippen LogP contribution in [0, 0.1) is 6.92 Å². The van der Waals surface area contributed by atoms with Crippen molar-refractivity contribution in [3.05, 3.63) is 29.3 Å². The van der Waals surface area contributed by atoms with Crippen LogP contribution in [-0.4, -0.2) is 5.54 Å². The molecule has 1 N–H and O–H groups in total.